The third kappa shape index (κ3) is 2.92. The van der Waals surface area contributed by atoms with Gasteiger partial charge in [-0.15, -0.1) is 0 Å². The van der Waals surface area contributed by atoms with Gasteiger partial charge in [0.05, 0.1) is 0 Å². The SMILES string of the molecule is Cn1cccc1C(=O)NC(C)(C(N)=O)c1cccc(Cl)c1. The summed E-state index contributed by atoms with van der Waals surface area (Å²) < 4.78 is 1.66. The van der Waals surface area contributed by atoms with Crippen LogP contribution in [0.5, 0.6) is 0 Å². The second-order valence-corrected chi connectivity index (χ2v) is 5.39. The fraction of sp³-hybridized carbons (Fsp3) is 0.200. The highest BCUT2D eigenvalue weighted by molar-refractivity contribution is 6.30. The number of hydrogen-bond donors (Lipinski definition) is 2. The van der Waals surface area contributed by atoms with Crippen LogP contribution in [0.25, 0.3) is 0 Å². The largest absolute Gasteiger partial charge is 0.367 e. The van der Waals surface area contributed by atoms with Crippen LogP contribution in [0.3, 0.4) is 0 Å². The molecule has 5 nitrogen and oxygen atoms in total. The molecule has 0 fully saturated rings. The molecule has 0 radical (unpaired) electrons. The van der Waals surface area contributed by atoms with E-state index in [4.69, 9.17) is 17.3 Å². The van der Waals surface area contributed by atoms with Crippen molar-refractivity contribution < 1.29 is 9.59 Å². The second kappa shape index (κ2) is 5.61. The monoisotopic (exact) mass is 305 g/mol. The molecule has 1 heterocycles. The van der Waals surface area contributed by atoms with Gasteiger partial charge in [-0.3, -0.25) is 9.59 Å². The number of nitrogens with zero attached hydrogens (tertiary/aromatic N) is 1. The molecule has 0 aliphatic carbocycles. The van der Waals surface area contributed by atoms with E-state index in [1.54, 1.807) is 61.1 Å². The highest BCUT2D eigenvalue weighted by atomic mass is 35.5. The van der Waals surface area contributed by atoms with E-state index >= 15 is 0 Å². The van der Waals surface area contributed by atoms with Crippen molar-refractivity contribution in [3.05, 3.63) is 58.9 Å². The lowest BCUT2D eigenvalue weighted by molar-refractivity contribution is -0.123. The fourth-order valence-electron chi connectivity index (χ4n) is 2.06. The topological polar surface area (TPSA) is 77.1 Å². The standard InChI is InChI=1S/C15H16ClN3O2/c1-15(14(17)21,10-5-3-6-11(16)9-10)18-13(20)12-7-4-8-19(12)2/h3-9H,1-2H3,(H2,17,21)(H,18,20). The van der Waals surface area contributed by atoms with E-state index in [9.17, 15) is 9.59 Å². The van der Waals surface area contributed by atoms with Gasteiger partial charge in [-0.25, -0.2) is 0 Å². The first-order valence-electron chi connectivity index (χ1n) is 6.34. The third-order valence-electron chi connectivity index (χ3n) is 3.43. The van der Waals surface area contributed by atoms with Gasteiger partial charge in [0.1, 0.15) is 11.2 Å². The molecule has 1 unspecified atom stereocenters. The normalized spacial score (nSPS) is 13.5. The van der Waals surface area contributed by atoms with Crippen LogP contribution in [0.1, 0.15) is 23.0 Å². The number of nitrogens with two attached hydrogens (primary N) is 1. The molecule has 1 aromatic heterocycles. The van der Waals surface area contributed by atoms with Gasteiger partial charge in [-0.2, -0.15) is 0 Å². The lowest BCUT2D eigenvalue weighted by Crippen LogP contribution is -2.53. The number of nitrogens with one attached hydrogen (secondary N) is 1. The average Bonchev–Trinajstić information content (AvgIpc) is 2.84. The zero-order chi connectivity index (χ0) is 15.6. The Kier molecular flexibility index (Phi) is 4.04. The molecule has 0 saturated carbocycles. The number of amides is 2. The minimum atomic E-state index is -1.34. The Morgan fingerprint density at radius 3 is 2.52 bits per heavy atom. The van der Waals surface area contributed by atoms with E-state index in [0.29, 0.717) is 16.3 Å². The van der Waals surface area contributed by atoms with Crippen LogP contribution in [0.4, 0.5) is 0 Å². The smallest absolute Gasteiger partial charge is 0.268 e. The van der Waals surface area contributed by atoms with Crippen molar-refractivity contribution in [1.82, 2.24) is 9.88 Å². The number of halogens is 1. The molecule has 0 aliphatic rings. The number of primary amides is 1. The number of aryl methyl sites for hydroxylation is 1. The minimum Gasteiger partial charge on any atom is -0.367 e. The quantitative estimate of drug-likeness (QED) is 0.903. The predicted octanol–water partition coefficient (Wildman–Crippen LogP) is 1.81. The maximum atomic E-state index is 12.3. The molecule has 2 rings (SSSR count). The lowest BCUT2D eigenvalue weighted by atomic mass is 9.91. The summed E-state index contributed by atoms with van der Waals surface area (Å²) >= 11 is 5.95. The molecule has 0 aliphatic heterocycles. The summed E-state index contributed by atoms with van der Waals surface area (Å²) in [4.78, 5) is 24.2. The first-order valence-corrected chi connectivity index (χ1v) is 6.72. The van der Waals surface area contributed by atoms with Crippen molar-refractivity contribution >= 4 is 23.4 Å². The molecule has 0 spiro atoms. The number of rotatable bonds is 4. The van der Waals surface area contributed by atoms with E-state index in [1.807, 2.05) is 0 Å². The van der Waals surface area contributed by atoms with Crippen LogP contribution >= 0.6 is 11.6 Å². The van der Waals surface area contributed by atoms with Crippen molar-refractivity contribution in [2.24, 2.45) is 12.8 Å². The van der Waals surface area contributed by atoms with Crippen LogP contribution in [-0.4, -0.2) is 16.4 Å². The number of benzene rings is 1. The van der Waals surface area contributed by atoms with E-state index in [-0.39, 0.29) is 5.91 Å². The van der Waals surface area contributed by atoms with Gasteiger partial charge in [-0.05, 0) is 36.8 Å². The zero-order valence-corrected chi connectivity index (χ0v) is 12.5. The summed E-state index contributed by atoms with van der Waals surface area (Å²) in [5.41, 5.74) is 5.12. The van der Waals surface area contributed by atoms with Crippen LogP contribution in [0, 0.1) is 0 Å². The predicted molar refractivity (Wildman–Crippen MR) is 80.9 cm³/mol. The third-order valence-corrected chi connectivity index (χ3v) is 3.67. The van der Waals surface area contributed by atoms with Crippen molar-refractivity contribution in [3.63, 3.8) is 0 Å². The Labute approximate surface area is 127 Å². The van der Waals surface area contributed by atoms with Gasteiger partial charge in [0.2, 0.25) is 5.91 Å². The Bertz CT molecular complexity index is 696. The van der Waals surface area contributed by atoms with Gasteiger partial charge in [0, 0.05) is 18.3 Å². The zero-order valence-electron chi connectivity index (χ0n) is 11.8. The van der Waals surface area contributed by atoms with E-state index in [2.05, 4.69) is 5.32 Å². The van der Waals surface area contributed by atoms with Gasteiger partial charge >= 0.3 is 0 Å². The Morgan fingerprint density at radius 1 is 1.29 bits per heavy atom. The van der Waals surface area contributed by atoms with Crippen LogP contribution in [-0.2, 0) is 17.4 Å². The van der Waals surface area contributed by atoms with E-state index in [0.717, 1.165) is 0 Å². The molecule has 0 bridgehead atoms. The van der Waals surface area contributed by atoms with Gasteiger partial charge in [0.25, 0.3) is 5.91 Å². The molecule has 2 amide bonds. The Balaban J connectivity index is 2.38. The summed E-state index contributed by atoms with van der Waals surface area (Å²) in [5, 5.41) is 3.15. The number of aromatic nitrogens is 1. The molecule has 3 N–H and O–H groups in total. The summed E-state index contributed by atoms with van der Waals surface area (Å²) in [7, 11) is 1.75. The van der Waals surface area contributed by atoms with E-state index < -0.39 is 11.4 Å². The Morgan fingerprint density at radius 2 is 2.00 bits per heavy atom. The van der Waals surface area contributed by atoms with Crippen molar-refractivity contribution in [2.75, 3.05) is 0 Å². The first kappa shape index (κ1) is 15.1. The van der Waals surface area contributed by atoms with Crippen molar-refractivity contribution in [3.8, 4) is 0 Å². The molecule has 110 valence electrons. The summed E-state index contributed by atoms with van der Waals surface area (Å²) in [5.74, 6) is -1.05. The van der Waals surface area contributed by atoms with Gasteiger partial charge in [0.15, 0.2) is 0 Å². The summed E-state index contributed by atoms with van der Waals surface area (Å²) in [6.07, 6.45) is 1.75. The number of carbonyl (C=O) groups excluding carboxylic acids is 2. The molecule has 1 aromatic carbocycles. The molecule has 21 heavy (non-hydrogen) atoms. The average molecular weight is 306 g/mol. The lowest BCUT2D eigenvalue weighted by Gasteiger charge is -2.28. The van der Waals surface area contributed by atoms with Crippen LogP contribution < -0.4 is 11.1 Å². The molecule has 6 heteroatoms. The summed E-state index contributed by atoms with van der Waals surface area (Å²) in [6.45, 7) is 1.56. The highest BCUT2D eigenvalue weighted by Gasteiger charge is 2.35. The molecular weight excluding hydrogens is 290 g/mol. The first-order chi connectivity index (χ1) is 9.84. The minimum absolute atomic E-state index is 0.385. The number of carbonyl (C=O) groups is 2. The second-order valence-electron chi connectivity index (χ2n) is 4.96. The molecule has 1 atom stereocenters. The van der Waals surface area contributed by atoms with Crippen molar-refractivity contribution in [1.29, 1.82) is 0 Å². The highest BCUT2D eigenvalue weighted by Crippen LogP contribution is 2.24. The van der Waals surface area contributed by atoms with Gasteiger partial charge < -0.3 is 15.6 Å². The van der Waals surface area contributed by atoms with E-state index in [1.165, 1.54) is 0 Å². The molecular formula is C15H16ClN3O2. The van der Waals surface area contributed by atoms with Crippen molar-refractivity contribution in [2.45, 2.75) is 12.5 Å². The fourth-order valence-corrected chi connectivity index (χ4v) is 2.25. The van der Waals surface area contributed by atoms with Gasteiger partial charge in [-0.1, -0.05) is 23.7 Å². The van der Waals surface area contributed by atoms with Crippen LogP contribution in [0.15, 0.2) is 42.6 Å². The summed E-state index contributed by atoms with van der Waals surface area (Å²) in [6, 6.07) is 10.1. The molecule has 0 saturated heterocycles. The maximum absolute atomic E-state index is 12.3. The maximum Gasteiger partial charge on any atom is 0.268 e. The molecule has 2 aromatic rings. The van der Waals surface area contributed by atoms with Crippen LogP contribution in [0.2, 0.25) is 5.02 Å². The Hall–Kier alpha value is -2.27. The number of hydrogen-bond acceptors (Lipinski definition) is 2.